The average molecular weight is 435 g/mol. The Morgan fingerprint density at radius 2 is 1.81 bits per heavy atom. The summed E-state index contributed by atoms with van der Waals surface area (Å²) in [5.74, 6) is 2.13. The van der Waals surface area contributed by atoms with Crippen molar-refractivity contribution in [3.8, 4) is 0 Å². The molecule has 0 aromatic rings. The Hall–Kier alpha value is -1.10. The van der Waals surface area contributed by atoms with Gasteiger partial charge in [0.25, 0.3) is 0 Å². The van der Waals surface area contributed by atoms with Gasteiger partial charge in [-0.3, -0.25) is 9.59 Å². The lowest BCUT2D eigenvalue weighted by atomic mass is 9.43. The minimum atomic E-state index is -0.725. The van der Waals surface area contributed by atoms with Crippen LogP contribution in [0.3, 0.4) is 0 Å². The molecule has 0 saturated heterocycles. The first kappa shape index (κ1) is 23.1. The zero-order chi connectivity index (χ0) is 22.6. The largest absolute Gasteiger partial charge is 0.481 e. The van der Waals surface area contributed by atoms with Gasteiger partial charge in [0.05, 0.1) is 6.10 Å². The van der Waals surface area contributed by atoms with Gasteiger partial charge in [0.2, 0.25) is 0 Å². The summed E-state index contributed by atoms with van der Waals surface area (Å²) >= 11 is 0. The smallest absolute Gasteiger partial charge is 0.303 e. The van der Waals surface area contributed by atoms with Gasteiger partial charge in [-0.1, -0.05) is 20.8 Å². The number of fused-ring (bicyclic) bond motifs is 5. The maximum Gasteiger partial charge on any atom is 0.303 e. The van der Waals surface area contributed by atoms with E-state index in [1.54, 1.807) is 0 Å². The fraction of sp³-hybridized carbons (Fsp3) is 0.923. The summed E-state index contributed by atoms with van der Waals surface area (Å²) < 4.78 is 6.10. The average Bonchev–Trinajstić information content (AvgIpc) is 3.05. The number of carboxylic acid groups (broad SMARTS) is 1. The minimum Gasteiger partial charge on any atom is -0.481 e. The van der Waals surface area contributed by atoms with Crippen LogP contribution in [-0.4, -0.2) is 34.4 Å². The van der Waals surface area contributed by atoms with Crippen molar-refractivity contribution >= 4 is 11.9 Å². The molecule has 4 aliphatic carbocycles. The number of hydrogen-bond donors (Lipinski definition) is 2. The third kappa shape index (κ3) is 3.83. The fourth-order valence-electron chi connectivity index (χ4n) is 9.06. The van der Waals surface area contributed by atoms with Crippen LogP contribution in [0.5, 0.6) is 0 Å². The molecule has 0 spiro atoms. The lowest BCUT2D eigenvalue weighted by Gasteiger charge is -2.62. The van der Waals surface area contributed by atoms with Crippen LogP contribution in [0.25, 0.3) is 0 Å². The van der Waals surface area contributed by atoms with E-state index in [-0.39, 0.29) is 35.4 Å². The van der Waals surface area contributed by atoms with Gasteiger partial charge in [0.1, 0.15) is 6.10 Å². The number of carboxylic acids is 1. The molecule has 0 unspecified atom stereocenters. The second-order valence-electron chi connectivity index (χ2n) is 11.9. The maximum absolute atomic E-state index is 12.2. The highest BCUT2D eigenvalue weighted by atomic mass is 16.5. The summed E-state index contributed by atoms with van der Waals surface area (Å²) in [5, 5.41) is 19.5. The first-order valence-corrected chi connectivity index (χ1v) is 12.6. The van der Waals surface area contributed by atoms with Crippen LogP contribution in [-0.2, 0) is 14.3 Å². The van der Waals surface area contributed by atoms with Crippen LogP contribution in [0, 0.1) is 46.3 Å². The van der Waals surface area contributed by atoms with Gasteiger partial charge < -0.3 is 14.9 Å². The van der Waals surface area contributed by atoms with E-state index in [1.165, 1.54) is 26.2 Å². The molecule has 4 saturated carbocycles. The van der Waals surface area contributed by atoms with Crippen molar-refractivity contribution in [3.05, 3.63) is 0 Å². The number of hydrogen-bond acceptors (Lipinski definition) is 4. The number of ether oxygens (including phenoxy) is 1. The quantitative estimate of drug-likeness (QED) is 0.592. The second kappa shape index (κ2) is 8.35. The number of aliphatic hydroxyl groups is 1. The number of aliphatic hydroxyl groups excluding tert-OH is 1. The van der Waals surface area contributed by atoms with Crippen molar-refractivity contribution in [2.24, 2.45) is 46.3 Å². The van der Waals surface area contributed by atoms with Crippen molar-refractivity contribution in [1.82, 2.24) is 0 Å². The summed E-state index contributed by atoms with van der Waals surface area (Å²) in [6.07, 6.45) is 9.21. The predicted molar refractivity (Wildman–Crippen MR) is 118 cm³/mol. The van der Waals surface area contributed by atoms with E-state index >= 15 is 0 Å². The van der Waals surface area contributed by atoms with E-state index in [1.807, 2.05) is 0 Å². The first-order chi connectivity index (χ1) is 14.6. The molecule has 0 aromatic carbocycles. The Bertz CT molecular complexity index is 706. The van der Waals surface area contributed by atoms with Crippen LogP contribution in [0.2, 0.25) is 0 Å². The maximum atomic E-state index is 12.2. The van der Waals surface area contributed by atoms with Gasteiger partial charge in [-0.25, -0.2) is 0 Å². The molecular weight excluding hydrogens is 392 g/mol. The minimum absolute atomic E-state index is 0.0673. The van der Waals surface area contributed by atoms with Crippen LogP contribution >= 0.6 is 0 Å². The molecule has 4 fully saturated rings. The molecule has 31 heavy (non-hydrogen) atoms. The summed E-state index contributed by atoms with van der Waals surface area (Å²) in [6, 6.07) is 0. The number of carbonyl (C=O) groups excluding carboxylic acids is 1. The summed E-state index contributed by atoms with van der Waals surface area (Å²) in [7, 11) is 0. The molecule has 4 aliphatic rings. The zero-order valence-corrected chi connectivity index (χ0v) is 19.8. The first-order valence-electron chi connectivity index (χ1n) is 12.6. The fourth-order valence-corrected chi connectivity index (χ4v) is 9.06. The summed E-state index contributed by atoms with van der Waals surface area (Å²) in [4.78, 5) is 23.4. The number of carbonyl (C=O) groups is 2. The van der Waals surface area contributed by atoms with E-state index in [9.17, 15) is 19.8 Å². The van der Waals surface area contributed by atoms with E-state index in [0.717, 1.165) is 32.1 Å². The molecule has 0 bridgehead atoms. The molecule has 0 radical (unpaired) electrons. The SMILES string of the molecule is CC(=O)O[C@H]1C[C@H]2[C@@H](CC[C@@H]3C[C@H](O)CC[C@@]32C)[C@@H]2CC[C@H]([C@H](C)CCC(=O)O)[C@@]12C. The Morgan fingerprint density at radius 1 is 1.06 bits per heavy atom. The lowest BCUT2D eigenvalue weighted by molar-refractivity contribution is -0.196. The van der Waals surface area contributed by atoms with E-state index in [0.29, 0.717) is 41.9 Å². The third-order valence-electron chi connectivity index (χ3n) is 10.6. The Morgan fingerprint density at radius 3 is 2.48 bits per heavy atom. The predicted octanol–water partition coefficient (Wildman–Crippen LogP) is 5.05. The molecule has 4 rings (SSSR count). The highest BCUT2D eigenvalue weighted by molar-refractivity contribution is 5.66. The van der Waals surface area contributed by atoms with Crippen molar-refractivity contribution in [3.63, 3.8) is 0 Å². The topological polar surface area (TPSA) is 83.8 Å². The summed E-state index contributed by atoms with van der Waals surface area (Å²) in [6.45, 7) is 8.55. The van der Waals surface area contributed by atoms with Crippen LogP contribution in [0.4, 0.5) is 0 Å². The standard InChI is InChI=1S/C26H42O5/c1-15(5-10-24(29)30)20-8-9-21-19-7-6-17-13-18(28)11-12-25(17,3)22(19)14-23(26(20,21)4)31-16(2)27/h15,17-23,28H,5-14H2,1-4H3,(H,29,30)/t15-,17-,18-,19+,20-,21+,22+,23+,25+,26-/m1/s1. The highest BCUT2D eigenvalue weighted by Gasteiger charge is 2.64. The molecular formula is C26H42O5. The van der Waals surface area contributed by atoms with Gasteiger partial charge in [-0.05, 0) is 98.7 Å². The van der Waals surface area contributed by atoms with Gasteiger partial charge in [-0.15, -0.1) is 0 Å². The molecule has 176 valence electrons. The lowest BCUT2D eigenvalue weighted by Crippen LogP contribution is -2.59. The van der Waals surface area contributed by atoms with Crippen LogP contribution < -0.4 is 0 Å². The molecule has 5 heteroatoms. The van der Waals surface area contributed by atoms with Gasteiger partial charge in [-0.2, -0.15) is 0 Å². The van der Waals surface area contributed by atoms with Gasteiger partial charge >= 0.3 is 11.9 Å². The number of esters is 1. The number of aliphatic carboxylic acids is 1. The van der Waals surface area contributed by atoms with Gasteiger partial charge in [0, 0.05) is 18.8 Å². The zero-order valence-electron chi connectivity index (χ0n) is 19.8. The van der Waals surface area contributed by atoms with E-state index in [2.05, 4.69) is 20.8 Å². The molecule has 0 amide bonds. The highest BCUT2D eigenvalue weighted by Crippen LogP contribution is 2.68. The third-order valence-corrected chi connectivity index (χ3v) is 10.6. The Labute approximate surface area is 187 Å². The monoisotopic (exact) mass is 434 g/mol. The van der Waals surface area contributed by atoms with Crippen molar-refractivity contribution < 1.29 is 24.5 Å². The Kier molecular flexibility index (Phi) is 6.22. The normalized spacial score (nSPS) is 47.6. The van der Waals surface area contributed by atoms with Crippen molar-refractivity contribution in [2.45, 2.75) is 104 Å². The van der Waals surface area contributed by atoms with E-state index in [4.69, 9.17) is 4.74 Å². The molecule has 10 atom stereocenters. The van der Waals surface area contributed by atoms with Crippen LogP contribution in [0.15, 0.2) is 0 Å². The van der Waals surface area contributed by atoms with Crippen molar-refractivity contribution in [1.29, 1.82) is 0 Å². The molecule has 0 aromatic heterocycles. The van der Waals surface area contributed by atoms with Gasteiger partial charge in [0.15, 0.2) is 0 Å². The molecule has 0 aliphatic heterocycles. The molecule has 5 nitrogen and oxygen atoms in total. The Balaban J connectivity index is 1.64. The second-order valence-corrected chi connectivity index (χ2v) is 11.9. The van der Waals surface area contributed by atoms with E-state index < -0.39 is 5.97 Å². The summed E-state index contributed by atoms with van der Waals surface area (Å²) in [5.41, 5.74) is 0.164. The molecule has 2 N–H and O–H groups in total. The number of rotatable bonds is 5. The van der Waals surface area contributed by atoms with Crippen molar-refractivity contribution in [2.75, 3.05) is 0 Å². The van der Waals surface area contributed by atoms with Crippen LogP contribution in [0.1, 0.15) is 91.9 Å². The molecule has 0 heterocycles.